The largest absolute Gasteiger partial charge is 0.479 e. The highest BCUT2D eigenvalue weighted by molar-refractivity contribution is 7.93. The van der Waals surface area contributed by atoms with E-state index in [-0.39, 0.29) is 39.6 Å². The number of sulfonamides is 1. The Bertz CT molecular complexity index is 1420. The first-order valence-corrected chi connectivity index (χ1v) is 12.0. The van der Waals surface area contributed by atoms with E-state index in [4.69, 9.17) is 9.15 Å². The molecule has 13 heteroatoms. The molecule has 174 valence electrons. The molecule has 0 saturated heterocycles. The first-order valence-electron chi connectivity index (χ1n) is 9.60. The van der Waals surface area contributed by atoms with Crippen molar-refractivity contribution in [1.82, 2.24) is 4.98 Å². The van der Waals surface area contributed by atoms with E-state index in [1.165, 1.54) is 60.8 Å². The molecule has 11 nitrogen and oxygen atoms in total. The SMILES string of the molecule is O=C(Nc1ccc(S(=O)(=O)Nc2nccs2)cc1)c1ccc(COc2ccccc2[N+](=O)[O-])o1. The number of rotatable bonds is 9. The number of para-hydroxylation sites is 2. The van der Waals surface area contributed by atoms with Gasteiger partial charge in [0.15, 0.2) is 16.6 Å². The highest BCUT2D eigenvalue weighted by atomic mass is 32.2. The Kier molecular flexibility index (Phi) is 6.56. The number of anilines is 2. The monoisotopic (exact) mass is 500 g/mol. The lowest BCUT2D eigenvalue weighted by Crippen LogP contribution is -2.13. The van der Waals surface area contributed by atoms with E-state index >= 15 is 0 Å². The maximum Gasteiger partial charge on any atom is 0.310 e. The fraction of sp³-hybridized carbons (Fsp3) is 0.0476. The van der Waals surface area contributed by atoms with Crippen molar-refractivity contribution >= 4 is 43.8 Å². The lowest BCUT2D eigenvalue weighted by atomic mass is 10.3. The third-order valence-electron chi connectivity index (χ3n) is 4.39. The van der Waals surface area contributed by atoms with Crippen LogP contribution in [0.2, 0.25) is 0 Å². The van der Waals surface area contributed by atoms with E-state index in [0.717, 1.165) is 11.3 Å². The predicted octanol–water partition coefficient (Wildman–Crippen LogP) is 4.28. The van der Waals surface area contributed by atoms with Gasteiger partial charge in [0.2, 0.25) is 0 Å². The number of ether oxygens (including phenoxy) is 1. The minimum Gasteiger partial charge on any atom is -0.479 e. The van der Waals surface area contributed by atoms with Crippen LogP contribution in [0, 0.1) is 10.1 Å². The number of thiazole rings is 1. The molecule has 0 radical (unpaired) electrons. The van der Waals surface area contributed by atoms with Gasteiger partial charge in [-0.3, -0.25) is 19.6 Å². The number of carbonyl (C=O) groups excluding carboxylic acids is 1. The van der Waals surface area contributed by atoms with E-state index in [1.54, 1.807) is 11.4 Å². The summed E-state index contributed by atoms with van der Waals surface area (Å²) >= 11 is 1.15. The Morgan fingerprint density at radius 3 is 2.59 bits per heavy atom. The van der Waals surface area contributed by atoms with E-state index in [1.807, 2.05) is 0 Å². The number of carbonyl (C=O) groups is 1. The normalized spacial score (nSPS) is 11.1. The third-order valence-corrected chi connectivity index (χ3v) is 6.57. The number of benzene rings is 2. The van der Waals surface area contributed by atoms with Crippen molar-refractivity contribution in [3.63, 3.8) is 0 Å². The molecule has 0 aliphatic carbocycles. The van der Waals surface area contributed by atoms with Gasteiger partial charge in [0.1, 0.15) is 12.4 Å². The van der Waals surface area contributed by atoms with Crippen molar-refractivity contribution in [3.8, 4) is 5.75 Å². The van der Waals surface area contributed by atoms with Crippen LogP contribution >= 0.6 is 11.3 Å². The van der Waals surface area contributed by atoms with Crippen molar-refractivity contribution in [3.05, 3.63) is 93.9 Å². The van der Waals surface area contributed by atoms with Crippen LogP contribution in [-0.4, -0.2) is 24.2 Å². The second-order valence-electron chi connectivity index (χ2n) is 6.70. The van der Waals surface area contributed by atoms with Crippen LogP contribution in [-0.2, 0) is 16.6 Å². The Morgan fingerprint density at radius 1 is 1.12 bits per heavy atom. The van der Waals surface area contributed by atoms with Crippen LogP contribution in [0.1, 0.15) is 16.3 Å². The molecule has 0 aliphatic rings. The van der Waals surface area contributed by atoms with Crippen molar-refractivity contribution in [2.24, 2.45) is 0 Å². The molecule has 4 aromatic rings. The summed E-state index contributed by atoms with van der Waals surface area (Å²) in [7, 11) is -3.80. The topological polar surface area (TPSA) is 154 Å². The van der Waals surface area contributed by atoms with Gasteiger partial charge in [0.05, 0.1) is 9.82 Å². The molecule has 2 aromatic heterocycles. The van der Waals surface area contributed by atoms with E-state index in [0.29, 0.717) is 5.69 Å². The van der Waals surface area contributed by atoms with Gasteiger partial charge in [-0.1, -0.05) is 12.1 Å². The Balaban J connectivity index is 1.37. The smallest absolute Gasteiger partial charge is 0.310 e. The van der Waals surface area contributed by atoms with Crippen LogP contribution < -0.4 is 14.8 Å². The van der Waals surface area contributed by atoms with Gasteiger partial charge in [-0.05, 0) is 42.5 Å². The zero-order chi connectivity index (χ0) is 24.1. The molecular formula is C21H16N4O7S2. The number of aromatic nitrogens is 1. The highest BCUT2D eigenvalue weighted by Gasteiger charge is 2.18. The summed E-state index contributed by atoms with van der Waals surface area (Å²) in [4.78, 5) is 26.9. The standard InChI is InChI=1S/C21H16N4O7S2/c26-20(19-10-7-15(32-19)13-31-18-4-2-1-3-17(18)25(27)28)23-14-5-8-16(9-6-14)34(29,30)24-21-22-11-12-33-21/h1-12H,13H2,(H,22,24)(H,23,26). The molecule has 2 heterocycles. The predicted molar refractivity (Wildman–Crippen MR) is 123 cm³/mol. The summed E-state index contributed by atoms with van der Waals surface area (Å²) in [6.07, 6.45) is 1.48. The van der Waals surface area contributed by atoms with Crippen molar-refractivity contribution in [1.29, 1.82) is 0 Å². The summed E-state index contributed by atoms with van der Waals surface area (Å²) in [5.74, 6) is -0.205. The molecule has 0 spiro atoms. The van der Waals surface area contributed by atoms with E-state index in [9.17, 15) is 23.3 Å². The average Bonchev–Trinajstić information content (AvgIpc) is 3.50. The second kappa shape index (κ2) is 9.72. The van der Waals surface area contributed by atoms with Gasteiger partial charge in [-0.25, -0.2) is 13.4 Å². The van der Waals surface area contributed by atoms with E-state index < -0.39 is 20.9 Å². The molecule has 0 fully saturated rings. The first kappa shape index (κ1) is 22.9. The molecule has 0 saturated carbocycles. The Labute approximate surface area is 197 Å². The summed E-state index contributed by atoms with van der Waals surface area (Å²) in [5.41, 5.74) is 0.173. The minimum atomic E-state index is -3.80. The van der Waals surface area contributed by atoms with E-state index in [2.05, 4.69) is 15.0 Å². The van der Waals surface area contributed by atoms with Gasteiger partial charge in [-0.2, -0.15) is 0 Å². The highest BCUT2D eigenvalue weighted by Crippen LogP contribution is 2.27. The van der Waals surface area contributed by atoms with Crippen molar-refractivity contribution < 1.29 is 27.3 Å². The molecule has 34 heavy (non-hydrogen) atoms. The zero-order valence-corrected chi connectivity index (χ0v) is 18.8. The number of nitrogens with one attached hydrogen (secondary N) is 2. The Hall–Kier alpha value is -4.23. The number of nitrogens with zero attached hydrogens (tertiary/aromatic N) is 2. The zero-order valence-electron chi connectivity index (χ0n) is 17.2. The van der Waals surface area contributed by atoms with Crippen molar-refractivity contribution in [2.75, 3.05) is 10.0 Å². The molecule has 0 unspecified atom stereocenters. The number of nitro groups is 1. The lowest BCUT2D eigenvalue weighted by Gasteiger charge is -2.07. The minimum absolute atomic E-state index is 0.00754. The van der Waals surface area contributed by atoms with Gasteiger partial charge >= 0.3 is 5.69 Å². The van der Waals surface area contributed by atoms with Gasteiger partial charge in [0, 0.05) is 23.3 Å². The maximum absolute atomic E-state index is 12.5. The van der Waals surface area contributed by atoms with Crippen LogP contribution in [0.3, 0.4) is 0 Å². The summed E-state index contributed by atoms with van der Waals surface area (Å²) in [5, 5.41) is 15.6. The van der Waals surface area contributed by atoms with Crippen molar-refractivity contribution in [2.45, 2.75) is 11.5 Å². The fourth-order valence-corrected chi connectivity index (χ4v) is 4.60. The number of amides is 1. The van der Waals surface area contributed by atoms with Crippen LogP contribution in [0.25, 0.3) is 0 Å². The third kappa shape index (κ3) is 5.39. The molecule has 1 amide bonds. The number of hydrogen-bond acceptors (Lipinski definition) is 9. The summed E-state index contributed by atoms with van der Waals surface area (Å²) in [6.45, 7) is -0.114. The first-order chi connectivity index (χ1) is 16.3. The molecule has 0 atom stereocenters. The average molecular weight is 501 g/mol. The molecule has 2 N–H and O–H groups in total. The number of furan rings is 1. The van der Waals surface area contributed by atoms with Gasteiger partial charge < -0.3 is 14.5 Å². The summed E-state index contributed by atoms with van der Waals surface area (Å²) in [6, 6.07) is 14.4. The second-order valence-corrected chi connectivity index (χ2v) is 9.28. The van der Waals surface area contributed by atoms with Gasteiger partial charge in [0.25, 0.3) is 15.9 Å². The quantitative estimate of drug-likeness (QED) is 0.255. The molecule has 0 aliphatic heterocycles. The number of hydrogen-bond donors (Lipinski definition) is 2. The Morgan fingerprint density at radius 2 is 1.88 bits per heavy atom. The fourth-order valence-electron chi connectivity index (χ4n) is 2.81. The molecule has 4 rings (SSSR count). The van der Waals surface area contributed by atoms with Crippen LogP contribution in [0.5, 0.6) is 5.75 Å². The maximum atomic E-state index is 12.5. The number of nitro benzene ring substituents is 1. The summed E-state index contributed by atoms with van der Waals surface area (Å²) < 4.78 is 38.0. The van der Waals surface area contributed by atoms with Gasteiger partial charge in [-0.15, -0.1) is 11.3 Å². The molecular weight excluding hydrogens is 484 g/mol. The molecule has 2 aromatic carbocycles. The molecule has 0 bridgehead atoms. The van der Waals surface area contributed by atoms with Crippen LogP contribution in [0.4, 0.5) is 16.5 Å². The van der Waals surface area contributed by atoms with Crippen LogP contribution in [0.15, 0.2) is 81.6 Å². The lowest BCUT2D eigenvalue weighted by molar-refractivity contribution is -0.386.